The summed E-state index contributed by atoms with van der Waals surface area (Å²) in [5.41, 5.74) is 2.52. The third kappa shape index (κ3) is 11.0. The van der Waals surface area contributed by atoms with Gasteiger partial charge in [0.2, 0.25) is 5.91 Å². The van der Waals surface area contributed by atoms with E-state index in [1.807, 2.05) is 0 Å². The lowest BCUT2D eigenvalue weighted by atomic mass is 9.72. The Morgan fingerprint density at radius 1 is 1.04 bits per heavy atom. The number of anilines is 2. The van der Waals surface area contributed by atoms with Crippen molar-refractivity contribution in [3.63, 3.8) is 0 Å². The van der Waals surface area contributed by atoms with E-state index >= 15 is 0 Å². The number of halogens is 4. The number of nitro benzene ring substituents is 1. The van der Waals surface area contributed by atoms with Crippen molar-refractivity contribution in [3.8, 4) is 11.5 Å². The van der Waals surface area contributed by atoms with E-state index in [4.69, 9.17) is 21.1 Å². The zero-order valence-corrected chi connectivity index (χ0v) is 39.1. The number of fused-ring (bicyclic) bond motifs is 1. The number of nitro groups is 1. The first-order chi connectivity index (χ1) is 32.2. The largest absolute Gasteiger partial charge is 0.455 e. The molecule has 8 rings (SSSR count). The summed E-state index contributed by atoms with van der Waals surface area (Å²) in [5.74, 6) is -0.870. The Hall–Kier alpha value is -6.22. The van der Waals surface area contributed by atoms with Crippen LogP contribution in [0.4, 0.5) is 30.2 Å². The molecule has 0 saturated carbocycles. The van der Waals surface area contributed by atoms with Crippen LogP contribution in [-0.4, -0.2) is 110 Å². The van der Waals surface area contributed by atoms with E-state index in [0.29, 0.717) is 69.2 Å². The molecule has 68 heavy (non-hydrogen) atoms. The van der Waals surface area contributed by atoms with E-state index in [1.165, 1.54) is 31.3 Å². The number of aromatic amines is 1. The number of ether oxygens (including phenoxy) is 2. The highest BCUT2D eigenvalue weighted by Gasteiger charge is 2.34. The molecule has 2 amide bonds. The highest BCUT2D eigenvalue weighted by molar-refractivity contribution is 7.90. The number of carbonyl (C=O) groups excluding carboxylic acids is 2. The third-order valence-corrected chi connectivity index (χ3v) is 14.2. The summed E-state index contributed by atoms with van der Waals surface area (Å²) in [6, 6.07) is 15.1. The van der Waals surface area contributed by atoms with Gasteiger partial charge in [0.15, 0.2) is 0 Å². The van der Waals surface area contributed by atoms with Crippen LogP contribution in [0.15, 0.2) is 89.6 Å². The number of hydrogen-bond acceptors (Lipinski definition) is 12. The second-order valence-electron chi connectivity index (χ2n) is 18.0. The molecule has 16 nitrogen and oxygen atoms in total. The smallest absolute Gasteiger partial charge is 0.416 e. The maximum Gasteiger partial charge on any atom is 0.416 e. The number of pyridine rings is 1. The van der Waals surface area contributed by atoms with Crippen molar-refractivity contribution in [1.82, 2.24) is 24.5 Å². The van der Waals surface area contributed by atoms with Crippen LogP contribution in [0.25, 0.3) is 16.6 Å². The molecule has 0 radical (unpaired) electrons. The van der Waals surface area contributed by atoms with Gasteiger partial charge < -0.3 is 29.6 Å². The Morgan fingerprint density at radius 2 is 1.82 bits per heavy atom. The molecular weight excluding hydrogens is 929 g/mol. The summed E-state index contributed by atoms with van der Waals surface area (Å²) >= 11 is 6.53. The molecule has 3 N–H and O–H groups in total. The summed E-state index contributed by atoms with van der Waals surface area (Å²) in [7, 11) is -4.68. The Labute approximate surface area is 395 Å². The zero-order chi connectivity index (χ0) is 48.5. The van der Waals surface area contributed by atoms with E-state index in [2.05, 4.69) is 43.7 Å². The van der Waals surface area contributed by atoms with Gasteiger partial charge in [0.25, 0.3) is 21.6 Å². The Bertz CT molecular complexity index is 2900. The van der Waals surface area contributed by atoms with Crippen LogP contribution in [0.5, 0.6) is 11.5 Å². The van der Waals surface area contributed by atoms with E-state index < -0.39 is 49.3 Å². The topological polar surface area (TPSA) is 192 Å². The molecule has 5 aromatic rings. The van der Waals surface area contributed by atoms with Crippen LogP contribution in [0, 0.1) is 15.5 Å². The van der Waals surface area contributed by atoms with Crippen molar-refractivity contribution < 1.29 is 45.6 Å². The fourth-order valence-electron chi connectivity index (χ4n) is 8.81. The molecule has 4 heterocycles. The van der Waals surface area contributed by atoms with Gasteiger partial charge in [-0.3, -0.25) is 24.6 Å². The van der Waals surface area contributed by atoms with Crippen LogP contribution < -0.4 is 19.7 Å². The molecule has 1 aliphatic carbocycles. The Balaban J connectivity index is 0.997. The number of sulfonamides is 1. The summed E-state index contributed by atoms with van der Waals surface area (Å²) in [4.78, 5) is 50.1. The number of allylic oxidation sites excluding steroid dienone is 1. The Morgan fingerprint density at radius 3 is 2.54 bits per heavy atom. The minimum atomic E-state index is -4.68. The highest BCUT2D eigenvalue weighted by atomic mass is 35.5. The molecule has 2 fully saturated rings. The average Bonchev–Trinajstić information content (AvgIpc) is 3.77. The molecule has 3 aliphatic rings. The number of benzene rings is 3. The highest BCUT2D eigenvalue weighted by Crippen LogP contribution is 2.46. The number of hydrogen-bond donors (Lipinski definition) is 3. The molecule has 1 atom stereocenters. The SMILES string of the molecule is CC(=O)N1CCO[C@H](CNc2ccc(S(=O)(=O)NC(=O)c3ccc(N4CCN(CC5=C(c6ccc(C(F)(F)F)cc6Cl)CC(C)(C)CC5)CC4)cc3Oc3cnc4[nH]ccc4c3)cc2[N+](=O)[O-])C1. The second-order valence-corrected chi connectivity index (χ2v) is 20.0. The van der Waals surface area contributed by atoms with Crippen molar-refractivity contribution in [3.05, 3.63) is 117 Å². The summed E-state index contributed by atoms with van der Waals surface area (Å²) in [5, 5.41) is 15.9. The van der Waals surface area contributed by atoms with Gasteiger partial charge in [-0.1, -0.05) is 37.1 Å². The molecular formula is C47H50ClF3N8O8S. The zero-order valence-electron chi connectivity index (χ0n) is 37.5. The number of nitrogens with zero attached hydrogens (tertiary/aromatic N) is 5. The number of piperazine rings is 1. The number of amides is 2. The van der Waals surface area contributed by atoms with Crippen molar-refractivity contribution in [2.24, 2.45) is 5.41 Å². The van der Waals surface area contributed by atoms with Gasteiger partial charge in [0.1, 0.15) is 22.8 Å². The Kier molecular flexibility index (Phi) is 13.8. The van der Waals surface area contributed by atoms with Crippen LogP contribution in [-0.2, 0) is 25.7 Å². The molecule has 0 bridgehead atoms. The van der Waals surface area contributed by atoms with E-state index in [-0.39, 0.29) is 52.2 Å². The predicted molar refractivity (Wildman–Crippen MR) is 251 cm³/mol. The second kappa shape index (κ2) is 19.4. The number of nitrogens with one attached hydrogen (secondary N) is 3. The number of alkyl halides is 3. The number of morpholine rings is 1. The van der Waals surface area contributed by atoms with Gasteiger partial charge in [-0.05, 0) is 84.3 Å². The molecule has 3 aromatic carbocycles. The van der Waals surface area contributed by atoms with Gasteiger partial charge in [0.05, 0.1) is 39.9 Å². The summed E-state index contributed by atoms with van der Waals surface area (Å²) in [6.45, 7) is 9.88. The van der Waals surface area contributed by atoms with Crippen molar-refractivity contribution >= 4 is 67.1 Å². The first kappa shape index (κ1) is 48.2. The lowest BCUT2D eigenvalue weighted by molar-refractivity contribution is -0.384. The van der Waals surface area contributed by atoms with E-state index in [0.717, 1.165) is 53.6 Å². The quantitative estimate of drug-likeness (QED) is 0.0754. The number of rotatable bonds is 13. The average molecular weight is 979 g/mol. The van der Waals surface area contributed by atoms with Crippen molar-refractivity contribution in [1.29, 1.82) is 0 Å². The van der Waals surface area contributed by atoms with Gasteiger partial charge in [-0.2, -0.15) is 13.2 Å². The predicted octanol–water partition coefficient (Wildman–Crippen LogP) is 8.50. The molecule has 2 saturated heterocycles. The molecule has 2 aromatic heterocycles. The number of carbonyl (C=O) groups is 2. The third-order valence-electron chi connectivity index (χ3n) is 12.6. The monoisotopic (exact) mass is 978 g/mol. The first-order valence-electron chi connectivity index (χ1n) is 22.0. The lowest BCUT2D eigenvalue weighted by Crippen LogP contribution is -2.47. The fraction of sp³-hybridized carbons (Fsp3) is 0.383. The normalized spacial score (nSPS) is 18.1. The lowest BCUT2D eigenvalue weighted by Gasteiger charge is -2.39. The number of H-pyrrole nitrogens is 1. The van der Waals surface area contributed by atoms with E-state index in [1.54, 1.807) is 35.4 Å². The molecule has 0 unspecified atom stereocenters. The minimum Gasteiger partial charge on any atom is -0.455 e. The maximum absolute atomic E-state index is 14.0. The standard InChI is InChI=1S/C47H50ClF3N8O8S/c1-29(60)58-18-19-66-35(28-58)26-53-41-9-6-36(23-42(41)59(62)63)68(64,65)55-45(61)38-8-5-33(22-43(38)67-34-20-30-11-13-52-44(30)54-25-34)57-16-14-56(15-17-57)27-31-10-12-46(2,3)24-39(31)37-7-4-32(21-40(37)48)47(49,50)51/h4-9,11,13,20-23,25,35,53H,10,12,14-19,24,26-28H2,1-3H3,(H,52,54)(H,55,61)/t35-/m1/s1. The van der Waals surface area contributed by atoms with Crippen LogP contribution >= 0.6 is 11.6 Å². The summed E-state index contributed by atoms with van der Waals surface area (Å²) in [6.07, 6.45) is 0.586. The summed E-state index contributed by atoms with van der Waals surface area (Å²) < 4.78 is 82.0. The molecule has 2 aliphatic heterocycles. The molecule has 21 heteroatoms. The fourth-order valence-corrected chi connectivity index (χ4v) is 10.1. The minimum absolute atomic E-state index is 0.0202. The van der Waals surface area contributed by atoms with E-state index in [9.17, 15) is 41.3 Å². The van der Waals surface area contributed by atoms with Crippen LogP contribution in [0.2, 0.25) is 5.02 Å². The van der Waals surface area contributed by atoms with Gasteiger partial charge in [-0.25, -0.2) is 18.1 Å². The molecule has 360 valence electrons. The first-order valence-corrected chi connectivity index (χ1v) is 23.9. The van der Waals surface area contributed by atoms with Gasteiger partial charge >= 0.3 is 6.18 Å². The van der Waals surface area contributed by atoms with Crippen molar-refractivity contribution in [2.75, 3.05) is 69.2 Å². The van der Waals surface area contributed by atoms with Gasteiger partial charge in [0, 0.05) is 93.7 Å². The molecule has 0 spiro atoms. The van der Waals surface area contributed by atoms with Crippen LogP contribution in [0.3, 0.4) is 0 Å². The van der Waals surface area contributed by atoms with Crippen molar-refractivity contribution in [2.45, 2.75) is 57.2 Å². The number of aromatic nitrogens is 2. The van der Waals surface area contributed by atoms with Crippen LogP contribution in [0.1, 0.15) is 61.5 Å². The van der Waals surface area contributed by atoms with Gasteiger partial charge in [-0.15, -0.1) is 0 Å². The maximum atomic E-state index is 14.0.